The highest BCUT2D eigenvalue weighted by Crippen LogP contribution is 2.52. The number of carbonyl (C=O) groups is 1. The average molecular weight is 356 g/mol. The van der Waals surface area contributed by atoms with Gasteiger partial charge in [-0.15, -0.1) is 0 Å². The monoisotopic (exact) mass is 355 g/mol. The van der Waals surface area contributed by atoms with Gasteiger partial charge in [0.05, 0.1) is 17.4 Å². The number of benzene rings is 1. The minimum Gasteiger partial charge on any atom is -0.393 e. The van der Waals surface area contributed by atoms with Crippen molar-refractivity contribution in [2.75, 3.05) is 4.90 Å². The molecule has 1 aromatic rings. The van der Waals surface area contributed by atoms with Gasteiger partial charge in [0.2, 0.25) is 0 Å². The number of aliphatic hydroxyl groups is 1. The maximum absolute atomic E-state index is 11.6. The first-order valence-electron chi connectivity index (χ1n) is 7.09. The molecule has 0 radical (unpaired) electrons. The van der Waals surface area contributed by atoms with E-state index in [0.717, 1.165) is 22.1 Å². The standard InChI is InChI=1S/C15H18BrNO4/c1-7(2)17-13-6-9(18)5-10(13)11-3-8(15(19)21-20)4-12(16)14(11)17/h3-4,7,9-10,13,18,20H,5-6H2,1-2H3. The van der Waals surface area contributed by atoms with E-state index in [1.807, 2.05) is 0 Å². The molecular weight excluding hydrogens is 338 g/mol. The number of halogens is 1. The molecule has 0 aromatic heterocycles. The predicted octanol–water partition coefficient (Wildman–Crippen LogP) is 2.91. The summed E-state index contributed by atoms with van der Waals surface area (Å²) >= 11 is 3.53. The number of hydrogen-bond acceptors (Lipinski definition) is 5. The molecule has 3 atom stereocenters. The zero-order valence-corrected chi connectivity index (χ0v) is 13.5. The molecule has 1 aliphatic carbocycles. The molecule has 114 valence electrons. The maximum atomic E-state index is 11.6. The number of anilines is 1. The zero-order chi connectivity index (χ0) is 15.3. The predicted molar refractivity (Wildman–Crippen MR) is 81.6 cm³/mol. The van der Waals surface area contributed by atoms with Crippen LogP contribution in [0.3, 0.4) is 0 Å². The molecule has 1 saturated carbocycles. The Morgan fingerprint density at radius 2 is 2.14 bits per heavy atom. The highest BCUT2D eigenvalue weighted by Gasteiger charge is 2.46. The Balaban J connectivity index is 2.13. The van der Waals surface area contributed by atoms with E-state index in [2.05, 4.69) is 39.6 Å². The summed E-state index contributed by atoms with van der Waals surface area (Å²) in [5.74, 6) is -0.559. The Morgan fingerprint density at radius 3 is 2.76 bits per heavy atom. The van der Waals surface area contributed by atoms with Gasteiger partial charge in [-0.2, -0.15) is 5.26 Å². The van der Waals surface area contributed by atoms with Crippen molar-refractivity contribution in [3.8, 4) is 0 Å². The second-order valence-corrected chi connectivity index (χ2v) is 6.93. The zero-order valence-electron chi connectivity index (χ0n) is 11.9. The first-order valence-corrected chi connectivity index (χ1v) is 7.89. The highest BCUT2D eigenvalue weighted by atomic mass is 79.9. The number of nitrogens with zero attached hydrogens (tertiary/aromatic N) is 1. The summed E-state index contributed by atoms with van der Waals surface area (Å²) < 4.78 is 0.818. The van der Waals surface area contributed by atoms with Gasteiger partial charge in [0.25, 0.3) is 0 Å². The molecule has 3 rings (SSSR count). The SMILES string of the molecule is CC(C)N1c2c(Br)cc(C(=O)OO)cc2C2CC(O)CC21. The molecule has 0 saturated heterocycles. The van der Waals surface area contributed by atoms with E-state index in [9.17, 15) is 9.90 Å². The summed E-state index contributed by atoms with van der Waals surface area (Å²) in [7, 11) is 0. The molecule has 0 amide bonds. The van der Waals surface area contributed by atoms with Crippen LogP contribution in [0.2, 0.25) is 0 Å². The number of rotatable bonds is 2. The van der Waals surface area contributed by atoms with Gasteiger partial charge in [0.15, 0.2) is 0 Å². The van der Waals surface area contributed by atoms with Crippen molar-refractivity contribution in [2.45, 2.75) is 50.8 Å². The van der Waals surface area contributed by atoms with Crippen LogP contribution in [0.25, 0.3) is 0 Å². The lowest BCUT2D eigenvalue weighted by Crippen LogP contribution is -2.37. The van der Waals surface area contributed by atoms with Crippen molar-refractivity contribution in [3.63, 3.8) is 0 Å². The Morgan fingerprint density at radius 1 is 1.43 bits per heavy atom. The molecule has 21 heavy (non-hydrogen) atoms. The van der Waals surface area contributed by atoms with Crippen LogP contribution in [0.1, 0.15) is 48.5 Å². The number of aliphatic hydroxyl groups excluding tert-OH is 1. The fraction of sp³-hybridized carbons (Fsp3) is 0.533. The van der Waals surface area contributed by atoms with Crippen molar-refractivity contribution >= 4 is 27.6 Å². The molecule has 1 fully saturated rings. The molecule has 2 N–H and O–H groups in total. The van der Waals surface area contributed by atoms with E-state index in [1.165, 1.54) is 0 Å². The van der Waals surface area contributed by atoms with Crippen LogP contribution in [-0.2, 0) is 4.89 Å². The van der Waals surface area contributed by atoms with Crippen LogP contribution in [0.4, 0.5) is 5.69 Å². The molecule has 2 aliphatic rings. The fourth-order valence-electron chi connectivity index (χ4n) is 3.78. The van der Waals surface area contributed by atoms with Gasteiger partial charge in [-0.25, -0.2) is 4.79 Å². The van der Waals surface area contributed by atoms with Crippen molar-refractivity contribution in [2.24, 2.45) is 0 Å². The Kier molecular flexibility index (Phi) is 3.71. The summed E-state index contributed by atoms with van der Waals surface area (Å²) in [4.78, 5) is 17.7. The smallest absolute Gasteiger partial charge is 0.372 e. The minimum absolute atomic E-state index is 0.208. The van der Waals surface area contributed by atoms with Gasteiger partial charge < -0.3 is 10.0 Å². The fourth-order valence-corrected chi connectivity index (χ4v) is 4.46. The van der Waals surface area contributed by atoms with E-state index < -0.39 is 5.97 Å². The molecule has 1 aromatic carbocycles. The summed E-state index contributed by atoms with van der Waals surface area (Å²) in [5, 5.41) is 18.6. The highest BCUT2D eigenvalue weighted by molar-refractivity contribution is 9.10. The van der Waals surface area contributed by atoms with Crippen molar-refractivity contribution in [1.29, 1.82) is 0 Å². The Labute approximate surface area is 131 Å². The molecule has 1 heterocycles. The van der Waals surface area contributed by atoms with E-state index in [0.29, 0.717) is 18.0 Å². The molecule has 3 unspecified atom stereocenters. The van der Waals surface area contributed by atoms with E-state index in [4.69, 9.17) is 5.26 Å². The van der Waals surface area contributed by atoms with Crippen LogP contribution in [-0.4, -0.2) is 34.5 Å². The maximum Gasteiger partial charge on any atom is 0.372 e. The third-order valence-electron chi connectivity index (χ3n) is 4.49. The van der Waals surface area contributed by atoms with Crippen LogP contribution in [0, 0.1) is 0 Å². The molecule has 6 heteroatoms. The molecular formula is C15H18BrNO4. The van der Waals surface area contributed by atoms with Gasteiger partial charge in [-0.3, -0.25) is 4.89 Å². The molecule has 1 aliphatic heterocycles. The summed E-state index contributed by atoms with van der Waals surface area (Å²) in [6.45, 7) is 4.25. The van der Waals surface area contributed by atoms with Gasteiger partial charge in [0, 0.05) is 22.5 Å². The first kappa shape index (κ1) is 14.8. The topological polar surface area (TPSA) is 70.0 Å². The molecule has 5 nitrogen and oxygen atoms in total. The number of carbonyl (C=O) groups excluding carboxylic acids is 1. The first-order chi connectivity index (χ1) is 9.93. The second kappa shape index (κ2) is 5.26. The van der Waals surface area contributed by atoms with E-state index in [1.54, 1.807) is 12.1 Å². The second-order valence-electron chi connectivity index (χ2n) is 6.07. The number of fused-ring (bicyclic) bond motifs is 3. The Bertz CT molecular complexity index is 589. The van der Waals surface area contributed by atoms with E-state index >= 15 is 0 Å². The van der Waals surface area contributed by atoms with Gasteiger partial charge in [-0.1, -0.05) is 0 Å². The average Bonchev–Trinajstić information content (AvgIpc) is 2.93. The third-order valence-corrected chi connectivity index (χ3v) is 5.09. The van der Waals surface area contributed by atoms with Crippen LogP contribution in [0.5, 0.6) is 0 Å². The van der Waals surface area contributed by atoms with Crippen LogP contribution < -0.4 is 4.90 Å². The third kappa shape index (κ3) is 2.25. The Hall–Kier alpha value is -1.11. The number of hydrogen-bond donors (Lipinski definition) is 2. The van der Waals surface area contributed by atoms with Crippen molar-refractivity contribution in [3.05, 3.63) is 27.7 Å². The van der Waals surface area contributed by atoms with Gasteiger partial charge in [-0.05, 0) is 60.3 Å². The minimum atomic E-state index is -0.767. The lowest BCUT2D eigenvalue weighted by molar-refractivity contribution is -0.182. The van der Waals surface area contributed by atoms with Crippen molar-refractivity contribution in [1.82, 2.24) is 0 Å². The largest absolute Gasteiger partial charge is 0.393 e. The summed E-state index contributed by atoms with van der Waals surface area (Å²) in [6, 6.07) is 4.00. The lowest BCUT2D eigenvalue weighted by atomic mass is 9.96. The van der Waals surface area contributed by atoms with Crippen LogP contribution in [0.15, 0.2) is 16.6 Å². The van der Waals surface area contributed by atoms with Gasteiger partial charge >= 0.3 is 5.97 Å². The van der Waals surface area contributed by atoms with Gasteiger partial charge in [0.1, 0.15) is 0 Å². The van der Waals surface area contributed by atoms with Crippen LogP contribution >= 0.6 is 15.9 Å². The normalized spacial score (nSPS) is 27.0. The lowest BCUT2D eigenvalue weighted by Gasteiger charge is -2.31. The summed E-state index contributed by atoms with van der Waals surface area (Å²) in [6.07, 6.45) is 1.14. The molecule has 0 spiro atoms. The molecule has 0 bridgehead atoms. The quantitative estimate of drug-likeness (QED) is 0.630. The summed E-state index contributed by atoms with van der Waals surface area (Å²) in [5.41, 5.74) is 2.44. The van der Waals surface area contributed by atoms with E-state index in [-0.39, 0.29) is 18.1 Å². The van der Waals surface area contributed by atoms with Crippen molar-refractivity contribution < 1.29 is 20.0 Å².